The van der Waals surface area contributed by atoms with Gasteiger partial charge in [-0.05, 0) is 72.3 Å². The summed E-state index contributed by atoms with van der Waals surface area (Å²) in [5.41, 5.74) is 1.84. The SMILES string of the molecule is CCOc1cc(/C=C2/C(=O)N(C(=O)c3ccccc3)N=C2C)cc(I)c1O. The first-order chi connectivity index (χ1) is 12.9. The van der Waals surface area contributed by atoms with Crippen molar-refractivity contribution in [2.45, 2.75) is 13.8 Å². The Hall–Kier alpha value is -2.68. The van der Waals surface area contributed by atoms with Crippen molar-refractivity contribution >= 4 is 46.2 Å². The molecule has 0 aromatic heterocycles. The summed E-state index contributed by atoms with van der Waals surface area (Å²) in [4.78, 5) is 25.3. The number of ether oxygens (including phenoxy) is 1. The van der Waals surface area contributed by atoms with Crippen molar-refractivity contribution in [2.75, 3.05) is 6.61 Å². The molecular formula is C20H17IN2O4. The molecule has 0 saturated heterocycles. The van der Waals surface area contributed by atoms with Crippen LogP contribution in [0.2, 0.25) is 0 Å². The fourth-order valence-corrected chi connectivity index (χ4v) is 3.26. The molecule has 2 aromatic rings. The highest BCUT2D eigenvalue weighted by atomic mass is 127. The van der Waals surface area contributed by atoms with Gasteiger partial charge in [0.1, 0.15) is 0 Å². The third-order valence-electron chi connectivity index (χ3n) is 3.94. The van der Waals surface area contributed by atoms with Gasteiger partial charge in [0, 0.05) is 5.56 Å². The zero-order valence-corrected chi connectivity index (χ0v) is 16.9. The topological polar surface area (TPSA) is 79.2 Å². The number of carbonyl (C=O) groups excluding carboxylic acids is 2. The minimum Gasteiger partial charge on any atom is -0.504 e. The number of aromatic hydroxyl groups is 1. The summed E-state index contributed by atoms with van der Waals surface area (Å²) in [6, 6.07) is 11.9. The Morgan fingerprint density at radius 2 is 2.00 bits per heavy atom. The Bertz CT molecular complexity index is 967. The molecule has 6 nitrogen and oxygen atoms in total. The minimum atomic E-state index is -0.484. The third kappa shape index (κ3) is 3.87. The van der Waals surface area contributed by atoms with Crippen molar-refractivity contribution in [3.63, 3.8) is 0 Å². The molecule has 2 aromatic carbocycles. The number of benzene rings is 2. The van der Waals surface area contributed by atoms with Crippen LogP contribution in [0.25, 0.3) is 6.08 Å². The Morgan fingerprint density at radius 3 is 2.67 bits per heavy atom. The molecule has 0 unspecified atom stereocenters. The number of hydrogen-bond donors (Lipinski definition) is 1. The molecule has 2 amide bonds. The predicted octanol–water partition coefficient (Wildman–Crippen LogP) is 3.84. The number of hydrazone groups is 1. The molecule has 0 bridgehead atoms. The molecule has 0 fully saturated rings. The van der Waals surface area contributed by atoms with Gasteiger partial charge >= 0.3 is 0 Å². The summed E-state index contributed by atoms with van der Waals surface area (Å²) in [6.07, 6.45) is 1.64. The summed E-state index contributed by atoms with van der Waals surface area (Å²) < 4.78 is 6.03. The zero-order chi connectivity index (χ0) is 19.6. The maximum absolute atomic E-state index is 12.7. The average molecular weight is 476 g/mol. The van der Waals surface area contributed by atoms with Crippen molar-refractivity contribution in [3.8, 4) is 11.5 Å². The number of imide groups is 1. The van der Waals surface area contributed by atoms with Crippen LogP contribution in [0.15, 0.2) is 53.1 Å². The Morgan fingerprint density at radius 1 is 1.30 bits per heavy atom. The van der Waals surface area contributed by atoms with E-state index < -0.39 is 11.8 Å². The molecule has 27 heavy (non-hydrogen) atoms. The van der Waals surface area contributed by atoms with Gasteiger partial charge in [0.15, 0.2) is 11.5 Å². The zero-order valence-electron chi connectivity index (χ0n) is 14.8. The molecule has 138 valence electrons. The van der Waals surface area contributed by atoms with E-state index in [0.717, 1.165) is 5.01 Å². The predicted molar refractivity (Wildman–Crippen MR) is 111 cm³/mol. The highest BCUT2D eigenvalue weighted by molar-refractivity contribution is 14.1. The maximum atomic E-state index is 12.7. The second-order valence-electron chi connectivity index (χ2n) is 5.81. The quantitative estimate of drug-likeness (QED) is 0.413. The number of rotatable bonds is 4. The molecule has 0 radical (unpaired) electrons. The highest BCUT2D eigenvalue weighted by Crippen LogP contribution is 2.34. The molecule has 0 atom stereocenters. The van der Waals surface area contributed by atoms with Crippen LogP contribution in [0.3, 0.4) is 0 Å². The molecule has 1 aliphatic rings. The Kier molecular flexibility index (Phi) is 5.59. The number of carbonyl (C=O) groups is 2. The van der Waals surface area contributed by atoms with E-state index in [1.165, 1.54) is 0 Å². The fourth-order valence-electron chi connectivity index (χ4n) is 2.63. The Balaban J connectivity index is 1.94. The van der Waals surface area contributed by atoms with Crippen molar-refractivity contribution in [2.24, 2.45) is 5.10 Å². The molecule has 3 rings (SSSR count). The second-order valence-corrected chi connectivity index (χ2v) is 6.98. The molecule has 1 aliphatic heterocycles. The van der Waals surface area contributed by atoms with E-state index >= 15 is 0 Å². The van der Waals surface area contributed by atoms with Gasteiger partial charge in [-0.15, -0.1) is 0 Å². The molecule has 1 N–H and O–H groups in total. The van der Waals surface area contributed by atoms with E-state index in [1.54, 1.807) is 55.5 Å². The van der Waals surface area contributed by atoms with Crippen molar-refractivity contribution in [1.29, 1.82) is 0 Å². The number of hydrogen-bond acceptors (Lipinski definition) is 5. The van der Waals surface area contributed by atoms with E-state index in [1.807, 2.05) is 29.5 Å². The van der Waals surface area contributed by atoms with Crippen molar-refractivity contribution < 1.29 is 19.4 Å². The van der Waals surface area contributed by atoms with E-state index in [-0.39, 0.29) is 5.75 Å². The number of nitrogens with zero attached hydrogens (tertiary/aromatic N) is 2. The lowest BCUT2D eigenvalue weighted by Gasteiger charge is -2.10. The standard InChI is InChI=1S/C20H17IN2O4/c1-3-27-17-11-13(10-16(21)18(17)24)9-15-12(2)22-23(20(15)26)19(25)14-7-5-4-6-8-14/h4-11,24H,3H2,1-2H3/b15-9+. The van der Waals surface area contributed by atoms with Gasteiger partial charge in [-0.1, -0.05) is 18.2 Å². The number of phenols is 1. The van der Waals surface area contributed by atoms with Crippen LogP contribution in [-0.2, 0) is 4.79 Å². The Labute approximate surface area is 170 Å². The first-order valence-corrected chi connectivity index (χ1v) is 9.36. The maximum Gasteiger partial charge on any atom is 0.283 e. The summed E-state index contributed by atoms with van der Waals surface area (Å²) >= 11 is 2.00. The van der Waals surface area contributed by atoms with Gasteiger partial charge in [-0.2, -0.15) is 10.1 Å². The second kappa shape index (κ2) is 7.91. The molecular weight excluding hydrogens is 459 g/mol. The lowest BCUT2D eigenvalue weighted by atomic mass is 10.1. The van der Waals surface area contributed by atoms with Gasteiger partial charge < -0.3 is 9.84 Å². The van der Waals surface area contributed by atoms with E-state index in [0.29, 0.717) is 38.3 Å². The van der Waals surface area contributed by atoms with Crippen LogP contribution in [0.1, 0.15) is 29.8 Å². The van der Waals surface area contributed by atoms with E-state index in [4.69, 9.17) is 4.74 Å². The van der Waals surface area contributed by atoms with Crippen LogP contribution in [-0.4, -0.2) is 34.2 Å². The number of halogens is 1. The van der Waals surface area contributed by atoms with Gasteiger partial charge in [-0.3, -0.25) is 9.59 Å². The van der Waals surface area contributed by atoms with Gasteiger partial charge in [0.05, 0.1) is 21.5 Å². The molecule has 0 aliphatic carbocycles. The minimum absolute atomic E-state index is 0.0589. The van der Waals surface area contributed by atoms with Crippen LogP contribution < -0.4 is 4.74 Å². The summed E-state index contributed by atoms with van der Waals surface area (Å²) in [7, 11) is 0. The van der Waals surface area contributed by atoms with Crippen LogP contribution in [0.5, 0.6) is 11.5 Å². The highest BCUT2D eigenvalue weighted by Gasteiger charge is 2.33. The molecule has 7 heteroatoms. The largest absolute Gasteiger partial charge is 0.504 e. The summed E-state index contributed by atoms with van der Waals surface area (Å²) in [5, 5.41) is 15.1. The molecule has 1 heterocycles. The molecule has 0 saturated carbocycles. The van der Waals surface area contributed by atoms with Crippen LogP contribution in [0, 0.1) is 3.57 Å². The summed E-state index contributed by atoms with van der Waals surface area (Å²) in [5.74, 6) is -0.557. The average Bonchev–Trinajstić information content (AvgIpc) is 2.94. The third-order valence-corrected chi connectivity index (χ3v) is 4.76. The normalized spacial score (nSPS) is 15.2. The smallest absolute Gasteiger partial charge is 0.283 e. The lowest BCUT2D eigenvalue weighted by Crippen LogP contribution is -2.29. The monoisotopic (exact) mass is 476 g/mol. The fraction of sp³-hybridized carbons (Fsp3) is 0.150. The first kappa shape index (κ1) is 19.1. The summed E-state index contributed by atoms with van der Waals surface area (Å²) in [6.45, 7) is 3.90. The van der Waals surface area contributed by atoms with Crippen LogP contribution in [0.4, 0.5) is 0 Å². The van der Waals surface area contributed by atoms with Gasteiger partial charge in [0.25, 0.3) is 11.8 Å². The van der Waals surface area contributed by atoms with Crippen LogP contribution >= 0.6 is 22.6 Å². The van der Waals surface area contributed by atoms with Crippen molar-refractivity contribution in [3.05, 3.63) is 62.7 Å². The molecule has 0 spiro atoms. The number of amides is 2. The number of phenolic OH excluding ortho intramolecular Hbond substituents is 1. The van der Waals surface area contributed by atoms with Gasteiger partial charge in [-0.25, -0.2) is 0 Å². The van der Waals surface area contributed by atoms with Gasteiger partial charge in [0.2, 0.25) is 0 Å². The van der Waals surface area contributed by atoms with Crippen molar-refractivity contribution in [1.82, 2.24) is 5.01 Å². The lowest BCUT2D eigenvalue weighted by molar-refractivity contribution is -0.123. The van der Waals surface area contributed by atoms with E-state index in [2.05, 4.69) is 5.10 Å². The first-order valence-electron chi connectivity index (χ1n) is 8.28. The van der Waals surface area contributed by atoms with E-state index in [9.17, 15) is 14.7 Å².